The summed E-state index contributed by atoms with van der Waals surface area (Å²) in [5.41, 5.74) is 5.41. The average molecular weight is 459 g/mol. The number of hydrogen-bond acceptors (Lipinski definition) is 4. The molecule has 2 aromatic carbocycles. The molecule has 0 radical (unpaired) electrons. The Balaban J connectivity index is 1.18. The fourth-order valence-corrected chi connectivity index (χ4v) is 5.15. The number of likely N-dealkylation sites (tertiary alicyclic amines) is 1. The number of hydrogen-bond donors (Lipinski definition) is 2. The molecule has 7 nitrogen and oxygen atoms in total. The number of piperidine rings is 1. The maximum atomic E-state index is 13.1. The quantitative estimate of drug-likeness (QED) is 0.560. The van der Waals surface area contributed by atoms with Crippen LogP contribution < -0.4 is 10.1 Å². The standard InChI is InChI=1S/C27H30N4O3/c1-34-21-9-10-24-22(15-21)23(27(33)29-24)16-25(32)31-13-11-19(12-14-31)26-20(17-28-30-26)8-7-18-5-3-2-4-6-18/h2-6,9-10,15,17,19,23H,7-8,11-14,16H2,1H3,(H,28,30)(H,29,33). The summed E-state index contributed by atoms with van der Waals surface area (Å²) in [6.07, 6.45) is 5.86. The van der Waals surface area contributed by atoms with Crippen LogP contribution in [0.2, 0.25) is 0 Å². The molecule has 0 saturated carbocycles. The minimum absolute atomic E-state index is 0.0307. The van der Waals surface area contributed by atoms with Gasteiger partial charge in [0.15, 0.2) is 0 Å². The number of aromatic amines is 1. The highest BCUT2D eigenvalue weighted by Gasteiger charge is 2.35. The van der Waals surface area contributed by atoms with Gasteiger partial charge in [-0.05, 0) is 60.6 Å². The molecule has 1 atom stereocenters. The van der Waals surface area contributed by atoms with E-state index in [1.54, 1.807) is 7.11 Å². The Bertz CT molecular complexity index is 1170. The lowest BCUT2D eigenvalue weighted by Gasteiger charge is -2.32. The lowest BCUT2D eigenvalue weighted by Crippen LogP contribution is -2.39. The van der Waals surface area contributed by atoms with Crippen molar-refractivity contribution in [3.05, 3.63) is 77.1 Å². The fourth-order valence-electron chi connectivity index (χ4n) is 5.15. The van der Waals surface area contributed by atoms with Crippen molar-refractivity contribution < 1.29 is 14.3 Å². The summed E-state index contributed by atoms with van der Waals surface area (Å²) in [7, 11) is 1.60. The minimum atomic E-state index is -0.465. The third-order valence-electron chi connectivity index (χ3n) is 7.12. The van der Waals surface area contributed by atoms with Crippen molar-refractivity contribution in [2.24, 2.45) is 0 Å². The first-order valence-corrected chi connectivity index (χ1v) is 11.9. The molecule has 2 amide bonds. The molecule has 34 heavy (non-hydrogen) atoms. The normalized spacial score (nSPS) is 18.0. The van der Waals surface area contributed by atoms with Crippen molar-refractivity contribution in [2.45, 2.75) is 43.9 Å². The SMILES string of the molecule is COc1ccc2c(c1)C(CC(=O)N1CCC(c3[nH]ncc3CCc3ccccc3)CC1)C(=O)N2. The number of rotatable bonds is 7. The zero-order valence-corrected chi connectivity index (χ0v) is 19.4. The molecule has 176 valence electrons. The second-order valence-electron chi connectivity index (χ2n) is 9.15. The van der Waals surface area contributed by atoms with Crippen LogP contribution in [-0.4, -0.2) is 47.1 Å². The molecule has 1 aromatic heterocycles. The topological polar surface area (TPSA) is 87.3 Å². The highest BCUT2D eigenvalue weighted by molar-refractivity contribution is 6.05. The fraction of sp³-hybridized carbons (Fsp3) is 0.370. The third-order valence-corrected chi connectivity index (χ3v) is 7.12. The van der Waals surface area contributed by atoms with Gasteiger partial charge < -0.3 is 15.0 Å². The summed E-state index contributed by atoms with van der Waals surface area (Å²) < 4.78 is 5.30. The maximum Gasteiger partial charge on any atom is 0.232 e. The lowest BCUT2D eigenvalue weighted by atomic mass is 9.89. The summed E-state index contributed by atoms with van der Waals surface area (Å²) in [5, 5.41) is 10.4. The number of amides is 2. The van der Waals surface area contributed by atoms with E-state index in [0.717, 1.165) is 36.9 Å². The van der Waals surface area contributed by atoms with Gasteiger partial charge in [0.25, 0.3) is 0 Å². The summed E-state index contributed by atoms with van der Waals surface area (Å²) in [4.78, 5) is 27.5. The van der Waals surface area contributed by atoms with Crippen LogP contribution in [0.3, 0.4) is 0 Å². The number of aryl methyl sites for hydroxylation is 2. The van der Waals surface area contributed by atoms with Crippen molar-refractivity contribution in [3.8, 4) is 5.75 Å². The van der Waals surface area contributed by atoms with Crippen LogP contribution in [0.5, 0.6) is 5.75 Å². The molecular weight excluding hydrogens is 428 g/mol. The van der Waals surface area contributed by atoms with Crippen molar-refractivity contribution in [2.75, 3.05) is 25.5 Å². The monoisotopic (exact) mass is 458 g/mol. The largest absolute Gasteiger partial charge is 0.497 e. The molecule has 2 aliphatic rings. The number of fused-ring (bicyclic) bond motifs is 1. The molecular formula is C27H30N4O3. The number of carbonyl (C=O) groups excluding carboxylic acids is 2. The molecule has 2 aliphatic heterocycles. The van der Waals surface area contributed by atoms with Gasteiger partial charge in [-0.1, -0.05) is 30.3 Å². The number of nitrogens with one attached hydrogen (secondary N) is 2. The van der Waals surface area contributed by atoms with Crippen LogP contribution >= 0.6 is 0 Å². The summed E-state index contributed by atoms with van der Waals surface area (Å²) in [6.45, 7) is 1.39. The van der Waals surface area contributed by atoms with Gasteiger partial charge in [0, 0.05) is 36.8 Å². The Kier molecular flexibility index (Phi) is 6.34. The van der Waals surface area contributed by atoms with E-state index in [0.29, 0.717) is 24.8 Å². The van der Waals surface area contributed by atoms with Gasteiger partial charge >= 0.3 is 0 Å². The highest BCUT2D eigenvalue weighted by atomic mass is 16.5. The van der Waals surface area contributed by atoms with Crippen LogP contribution in [0.1, 0.15) is 53.5 Å². The Morgan fingerprint density at radius 2 is 1.91 bits per heavy atom. The number of anilines is 1. The summed E-state index contributed by atoms with van der Waals surface area (Å²) >= 11 is 0. The minimum Gasteiger partial charge on any atom is -0.497 e. The molecule has 1 saturated heterocycles. The Morgan fingerprint density at radius 1 is 1.12 bits per heavy atom. The number of aromatic nitrogens is 2. The van der Waals surface area contributed by atoms with Gasteiger partial charge in [-0.3, -0.25) is 14.7 Å². The van der Waals surface area contributed by atoms with Crippen molar-refractivity contribution in [3.63, 3.8) is 0 Å². The average Bonchev–Trinajstić information content (AvgIpc) is 3.47. The van der Waals surface area contributed by atoms with Gasteiger partial charge in [0.2, 0.25) is 11.8 Å². The first kappa shape index (κ1) is 22.2. The molecule has 3 heterocycles. The molecule has 7 heteroatoms. The summed E-state index contributed by atoms with van der Waals surface area (Å²) in [5.74, 6) is 0.510. The Morgan fingerprint density at radius 3 is 2.68 bits per heavy atom. The zero-order valence-electron chi connectivity index (χ0n) is 19.4. The van der Waals surface area contributed by atoms with Crippen molar-refractivity contribution >= 4 is 17.5 Å². The number of methoxy groups -OCH3 is 1. The van der Waals surface area contributed by atoms with E-state index in [2.05, 4.69) is 39.8 Å². The summed E-state index contributed by atoms with van der Waals surface area (Å²) in [6, 6.07) is 16.0. The molecule has 0 aliphatic carbocycles. The number of benzene rings is 2. The highest BCUT2D eigenvalue weighted by Crippen LogP contribution is 2.38. The Labute approximate surface area is 199 Å². The Hall–Kier alpha value is -3.61. The zero-order chi connectivity index (χ0) is 23.5. The van der Waals surface area contributed by atoms with Gasteiger partial charge in [0.05, 0.1) is 19.2 Å². The molecule has 0 spiro atoms. The lowest BCUT2D eigenvalue weighted by molar-refractivity contribution is -0.134. The third kappa shape index (κ3) is 4.55. The smallest absolute Gasteiger partial charge is 0.232 e. The second kappa shape index (κ2) is 9.71. The van der Waals surface area contributed by atoms with Crippen molar-refractivity contribution in [1.29, 1.82) is 0 Å². The van der Waals surface area contributed by atoms with E-state index >= 15 is 0 Å². The number of carbonyl (C=O) groups is 2. The first-order valence-electron chi connectivity index (χ1n) is 11.9. The van der Waals surface area contributed by atoms with Crippen LogP contribution in [0.15, 0.2) is 54.7 Å². The van der Waals surface area contributed by atoms with Crippen LogP contribution in [-0.2, 0) is 22.4 Å². The maximum absolute atomic E-state index is 13.1. The number of ether oxygens (including phenoxy) is 1. The first-order chi connectivity index (χ1) is 16.6. The number of H-pyrrole nitrogens is 1. The van der Waals surface area contributed by atoms with Crippen molar-refractivity contribution in [1.82, 2.24) is 15.1 Å². The van der Waals surface area contributed by atoms with Crippen LogP contribution in [0.4, 0.5) is 5.69 Å². The van der Waals surface area contributed by atoms with Crippen LogP contribution in [0, 0.1) is 0 Å². The molecule has 1 unspecified atom stereocenters. The second-order valence-corrected chi connectivity index (χ2v) is 9.15. The molecule has 1 fully saturated rings. The van der Waals surface area contributed by atoms with Gasteiger partial charge in [-0.15, -0.1) is 0 Å². The van der Waals surface area contributed by atoms with Gasteiger partial charge in [-0.2, -0.15) is 5.10 Å². The predicted molar refractivity (Wildman–Crippen MR) is 130 cm³/mol. The van der Waals surface area contributed by atoms with E-state index < -0.39 is 5.92 Å². The number of nitrogens with zero attached hydrogens (tertiary/aromatic N) is 2. The van der Waals surface area contributed by atoms with E-state index in [-0.39, 0.29) is 18.2 Å². The predicted octanol–water partition coefficient (Wildman–Crippen LogP) is 4.04. The van der Waals surface area contributed by atoms with E-state index in [1.807, 2.05) is 35.4 Å². The van der Waals surface area contributed by atoms with E-state index in [4.69, 9.17) is 4.74 Å². The van der Waals surface area contributed by atoms with E-state index in [1.165, 1.54) is 16.8 Å². The molecule has 3 aromatic rings. The van der Waals surface area contributed by atoms with E-state index in [9.17, 15) is 9.59 Å². The van der Waals surface area contributed by atoms with Crippen LogP contribution in [0.25, 0.3) is 0 Å². The van der Waals surface area contributed by atoms with Gasteiger partial charge in [-0.25, -0.2) is 0 Å². The molecule has 5 rings (SSSR count). The molecule has 2 N–H and O–H groups in total. The molecule has 0 bridgehead atoms. The van der Waals surface area contributed by atoms with Gasteiger partial charge in [0.1, 0.15) is 5.75 Å².